The van der Waals surface area contributed by atoms with Crippen LogP contribution in [-0.2, 0) is 27.8 Å². The van der Waals surface area contributed by atoms with Crippen molar-refractivity contribution in [2.45, 2.75) is 33.7 Å². The predicted molar refractivity (Wildman–Crippen MR) is 98.8 cm³/mol. The number of ether oxygens (including phenoxy) is 3. The summed E-state index contributed by atoms with van der Waals surface area (Å²) in [6, 6.07) is 0. The van der Waals surface area contributed by atoms with Crippen molar-refractivity contribution in [3.05, 3.63) is 18.7 Å². The average Bonchev–Trinajstić information content (AvgIpc) is 3.19. The van der Waals surface area contributed by atoms with Gasteiger partial charge >= 0.3 is 0 Å². The fraction of sp³-hybridized carbons (Fsp3) is 0.722. The first-order chi connectivity index (χ1) is 12.5. The second-order valence-corrected chi connectivity index (χ2v) is 7.38. The summed E-state index contributed by atoms with van der Waals surface area (Å²) in [6.07, 6.45) is 6.35. The van der Waals surface area contributed by atoms with Crippen molar-refractivity contribution in [2.24, 2.45) is 12.5 Å². The van der Waals surface area contributed by atoms with Gasteiger partial charge in [-0.15, -0.1) is 5.10 Å². The van der Waals surface area contributed by atoms with Gasteiger partial charge in [-0.1, -0.05) is 26.0 Å². The molecule has 0 N–H and O–H groups in total. The number of imidazole rings is 1. The van der Waals surface area contributed by atoms with Crippen molar-refractivity contribution in [1.29, 1.82) is 0 Å². The molecular weight excluding hydrogens is 334 g/mol. The minimum atomic E-state index is 0.315. The Morgan fingerprint density at radius 3 is 2.15 bits per heavy atom. The van der Waals surface area contributed by atoms with Crippen LogP contribution in [0.4, 0.5) is 0 Å². The largest absolute Gasteiger partial charge is 0.379 e. The quantitative estimate of drug-likeness (QED) is 0.537. The summed E-state index contributed by atoms with van der Waals surface area (Å²) in [5.74, 6) is 0. The molecule has 2 rings (SSSR count). The molecule has 146 valence electrons. The van der Waals surface area contributed by atoms with E-state index >= 15 is 0 Å². The molecule has 0 aliphatic heterocycles. The highest BCUT2D eigenvalue weighted by Gasteiger charge is 2.10. The first kappa shape index (κ1) is 20.5. The number of aryl methyl sites for hydroxylation is 1. The summed E-state index contributed by atoms with van der Waals surface area (Å²) < 4.78 is 20.4. The van der Waals surface area contributed by atoms with Gasteiger partial charge in [-0.3, -0.25) is 0 Å². The molecule has 26 heavy (non-hydrogen) atoms. The SMILES string of the molecule is Cn1cncc1-c1cnnn1CCOCCOCCOCCC(C)(C)C. The number of nitrogens with zero attached hydrogens (tertiary/aromatic N) is 5. The molecule has 0 aliphatic carbocycles. The molecule has 0 bridgehead atoms. The predicted octanol–water partition coefficient (Wildman–Crippen LogP) is 2.16. The minimum Gasteiger partial charge on any atom is -0.379 e. The molecule has 2 aromatic rings. The van der Waals surface area contributed by atoms with Crippen LogP contribution in [0.2, 0.25) is 0 Å². The first-order valence-corrected chi connectivity index (χ1v) is 9.06. The van der Waals surface area contributed by atoms with Crippen molar-refractivity contribution in [3.63, 3.8) is 0 Å². The average molecular weight is 365 g/mol. The van der Waals surface area contributed by atoms with Gasteiger partial charge in [0, 0.05) is 13.7 Å². The number of hydrogen-bond donors (Lipinski definition) is 0. The van der Waals surface area contributed by atoms with E-state index in [0.717, 1.165) is 24.4 Å². The molecule has 0 spiro atoms. The lowest BCUT2D eigenvalue weighted by Crippen LogP contribution is -2.14. The Morgan fingerprint density at radius 1 is 0.885 bits per heavy atom. The highest BCUT2D eigenvalue weighted by atomic mass is 16.5. The Bertz CT molecular complexity index is 633. The molecular formula is C18H31N5O3. The van der Waals surface area contributed by atoms with Gasteiger partial charge in [0.25, 0.3) is 0 Å². The number of aromatic nitrogens is 5. The number of hydrogen-bond acceptors (Lipinski definition) is 6. The van der Waals surface area contributed by atoms with E-state index in [0.29, 0.717) is 45.0 Å². The third-order valence-electron chi connectivity index (χ3n) is 3.88. The van der Waals surface area contributed by atoms with Gasteiger partial charge in [-0.25, -0.2) is 9.67 Å². The van der Waals surface area contributed by atoms with Crippen molar-refractivity contribution < 1.29 is 14.2 Å². The van der Waals surface area contributed by atoms with Crippen LogP contribution in [-0.4, -0.2) is 64.2 Å². The summed E-state index contributed by atoms with van der Waals surface area (Å²) in [7, 11) is 1.94. The zero-order chi connectivity index (χ0) is 18.8. The molecule has 0 amide bonds. The topological polar surface area (TPSA) is 76.2 Å². The summed E-state index contributed by atoms with van der Waals surface area (Å²) in [4.78, 5) is 4.12. The highest BCUT2D eigenvalue weighted by Crippen LogP contribution is 2.18. The van der Waals surface area contributed by atoms with Crippen LogP contribution in [0.3, 0.4) is 0 Å². The first-order valence-electron chi connectivity index (χ1n) is 9.06. The van der Waals surface area contributed by atoms with E-state index in [1.54, 1.807) is 18.7 Å². The van der Waals surface area contributed by atoms with Crippen LogP contribution in [0.5, 0.6) is 0 Å². The summed E-state index contributed by atoms with van der Waals surface area (Å²) in [5.41, 5.74) is 2.22. The maximum Gasteiger partial charge on any atom is 0.107 e. The molecule has 0 aliphatic rings. The third-order valence-corrected chi connectivity index (χ3v) is 3.88. The number of rotatable bonds is 12. The van der Waals surface area contributed by atoms with Crippen molar-refractivity contribution in [1.82, 2.24) is 24.5 Å². The maximum atomic E-state index is 5.61. The van der Waals surface area contributed by atoms with Crippen LogP contribution in [0.1, 0.15) is 27.2 Å². The van der Waals surface area contributed by atoms with E-state index in [4.69, 9.17) is 14.2 Å². The molecule has 0 radical (unpaired) electrons. The van der Waals surface area contributed by atoms with Gasteiger partial charge in [-0.2, -0.15) is 0 Å². The van der Waals surface area contributed by atoms with Crippen LogP contribution in [0.15, 0.2) is 18.7 Å². The normalized spacial score (nSPS) is 12.0. The lowest BCUT2D eigenvalue weighted by atomic mass is 9.93. The second-order valence-electron chi connectivity index (χ2n) is 7.38. The third kappa shape index (κ3) is 7.23. The molecule has 2 heterocycles. The zero-order valence-electron chi connectivity index (χ0n) is 16.3. The lowest BCUT2D eigenvalue weighted by molar-refractivity contribution is 0.00886. The van der Waals surface area contributed by atoms with E-state index < -0.39 is 0 Å². The zero-order valence-corrected chi connectivity index (χ0v) is 16.3. The van der Waals surface area contributed by atoms with Crippen molar-refractivity contribution in [3.8, 4) is 11.4 Å². The Morgan fingerprint density at radius 2 is 1.54 bits per heavy atom. The van der Waals surface area contributed by atoms with Gasteiger partial charge in [-0.05, 0) is 11.8 Å². The molecule has 8 heteroatoms. The van der Waals surface area contributed by atoms with Crippen molar-refractivity contribution in [2.75, 3.05) is 39.6 Å². The van der Waals surface area contributed by atoms with Crippen LogP contribution in [0.25, 0.3) is 11.4 Å². The molecule has 0 fully saturated rings. The van der Waals surface area contributed by atoms with E-state index in [1.807, 2.05) is 16.3 Å². The maximum absolute atomic E-state index is 5.61. The highest BCUT2D eigenvalue weighted by molar-refractivity contribution is 5.52. The van der Waals surface area contributed by atoms with Gasteiger partial charge in [0.2, 0.25) is 0 Å². The fourth-order valence-corrected chi connectivity index (χ4v) is 2.30. The van der Waals surface area contributed by atoms with Gasteiger partial charge in [0.05, 0.1) is 64.0 Å². The molecule has 0 aromatic carbocycles. The van der Waals surface area contributed by atoms with E-state index in [9.17, 15) is 0 Å². The van der Waals surface area contributed by atoms with Gasteiger partial charge < -0.3 is 18.8 Å². The Labute approximate surface area is 155 Å². The second kappa shape index (κ2) is 10.4. The molecule has 0 atom stereocenters. The van der Waals surface area contributed by atoms with Crippen LogP contribution < -0.4 is 0 Å². The van der Waals surface area contributed by atoms with Gasteiger partial charge in [0.1, 0.15) is 5.69 Å². The minimum absolute atomic E-state index is 0.315. The fourth-order valence-electron chi connectivity index (χ4n) is 2.30. The van der Waals surface area contributed by atoms with E-state index in [2.05, 4.69) is 36.1 Å². The summed E-state index contributed by atoms with van der Waals surface area (Å²) in [6.45, 7) is 10.9. The van der Waals surface area contributed by atoms with Crippen LogP contribution in [0, 0.1) is 5.41 Å². The summed E-state index contributed by atoms with van der Waals surface area (Å²) in [5, 5.41) is 8.08. The molecule has 8 nitrogen and oxygen atoms in total. The Hall–Kier alpha value is -1.77. The molecule has 2 aromatic heterocycles. The molecule has 0 saturated heterocycles. The Kier molecular flexibility index (Phi) is 8.21. The summed E-state index contributed by atoms with van der Waals surface area (Å²) >= 11 is 0. The monoisotopic (exact) mass is 365 g/mol. The van der Waals surface area contributed by atoms with Crippen LogP contribution >= 0.6 is 0 Å². The van der Waals surface area contributed by atoms with Crippen molar-refractivity contribution >= 4 is 0 Å². The van der Waals surface area contributed by atoms with E-state index in [-0.39, 0.29) is 0 Å². The van der Waals surface area contributed by atoms with Gasteiger partial charge in [0.15, 0.2) is 0 Å². The standard InChI is InChI=1S/C18H31N5O3/c1-18(2,3)5-7-24-9-11-26-12-10-25-8-6-23-17(14-20-21-23)16-13-19-15-22(16)4/h13-15H,5-12H2,1-4H3. The lowest BCUT2D eigenvalue weighted by Gasteiger charge is -2.17. The molecule has 0 saturated carbocycles. The molecule has 0 unspecified atom stereocenters. The Balaban J connectivity index is 1.51. The van der Waals surface area contributed by atoms with E-state index in [1.165, 1.54) is 0 Å². The smallest absolute Gasteiger partial charge is 0.107 e.